The number of anilines is 1. The van der Waals surface area contributed by atoms with Crippen LogP contribution in [0.15, 0.2) is 30.3 Å². The fourth-order valence-electron chi connectivity index (χ4n) is 1.47. The van der Waals surface area contributed by atoms with Crippen LogP contribution in [0, 0.1) is 0 Å². The molecule has 1 aromatic carbocycles. The first-order valence-corrected chi connectivity index (χ1v) is 6.25. The van der Waals surface area contributed by atoms with Crippen LogP contribution in [0.4, 0.5) is 5.69 Å². The fraction of sp³-hybridized carbons (Fsp3) is 0.467. The molecule has 2 heteroatoms. The minimum atomic E-state index is 0.704. The molecule has 0 heterocycles. The van der Waals surface area contributed by atoms with E-state index in [-0.39, 0.29) is 0 Å². The molecule has 2 nitrogen and oxygen atoms in total. The molecule has 0 amide bonds. The van der Waals surface area contributed by atoms with Crippen LogP contribution < -0.4 is 4.90 Å². The Hall–Kier alpha value is -1.28. The highest BCUT2D eigenvalue weighted by molar-refractivity contribution is 5.55. The Labute approximate surface area is 105 Å². The largest absolute Gasteiger partial charge is 0.378 e. The van der Waals surface area contributed by atoms with E-state index in [2.05, 4.69) is 48.2 Å². The van der Waals surface area contributed by atoms with Gasteiger partial charge in [-0.05, 0) is 24.1 Å². The molecule has 0 aliphatic heterocycles. The second-order valence-electron chi connectivity index (χ2n) is 4.32. The van der Waals surface area contributed by atoms with Crippen LogP contribution in [0.1, 0.15) is 25.3 Å². The SMILES string of the molecule is CCCCOC/C=C/c1ccc(N(C)C)cc1. The number of nitrogens with zero attached hydrogens (tertiary/aromatic N) is 1. The molecular formula is C15H23NO. The van der Waals surface area contributed by atoms with Crippen molar-refractivity contribution in [2.45, 2.75) is 19.8 Å². The Morgan fingerprint density at radius 3 is 2.47 bits per heavy atom. The molecule has 17 heavy (non-hydrogen) atoms. The lowest BCUT2D eigenvalue weighted by Crippen LogP contribution is -2.07. The number of rotatable bonds is 7. The van der Waals surface area contributed by atoms with E-state index in [0.29, 0.717) is 6.61 Å². The number of ether oxygens (including phenoxy) is 1. The maximum atomic E-state index is 5.46. The van der Waals surface area contributed by atoms with E-state index in [1.165, 1.54) is 17.7 Å². The van der Waals surface area contributed by atoms with Crippen molar-refractivity contribution >= 4 is 11.8 Å². The fourth-order valence-corrected chi connectivity index (χ4v) is 1.47. The molecule has 0 unspecified atom stereocenters. The van der Waals surface area contributed by atoms with E-state index in [4.69, 9.17) is 4.74 Å². The lowest BCUT2D eigenvalue weighted by molar-refractivity contribution is 0.159. The molecule has 0 aliphatic carbocycles. The summed E-state index contributed by atoms with van der Waals surface area (Å²) in [6.07, 6.45) is 6.51. The Morgan fingerprint density at radius 2 is 1.88 bits per heavy atom. The molecule has 0 aliphatic rings. The second-order valence-corrected chi connectivity index (χ2v) is 4.32. The molecule has 0 spiro atoms. The maximum Gasteiger partial charge on any atom is 0.0650 e. The monoisotopic (exact) mass is 233 g/mol. The summed E-state index contributed by atoms with van der Waals surface area (Å²) in [5.74, 6) is 0. The first kappa shape index (κ1) is 13.8. The van der Waals surface area contributed by atoms with Gasteiger partial charge < -0.3 is 9.64 Å². The van der Waals surface area contributed by atoms with E-state index in [1.54, 1.807) is 0 Å². The van der Waals surface area contributed by atoms with Crippen molar-refractivity contribution in [3.05, 3.63) is 35.9 Å². The summed E-state index contributed by atoms with van der Waals surface area (Å²) in [5, 5.41) is 0. The van der Waals surface area contributed by atoms with Gasteiger partial charge in [0.1, 0.15) is 0 Å². The first-order chi connectivity index (χ1) is 8.24. The minimum absolute atomic E-state index is 0.704. The third-order valence-corrected chi connectivity index (χ3v) is 2.58. The summed E-state index contributed by atoms with van der Waals surface area (Å²) in [5.41, 5.74) is 2.44. The zero-order valence-electron chi connectivity index (χ0n) is 11.1. The molecule has 94 valence electrons. The molecule has 1 aromatic rings. The predicted molar refractivity (Wildman–Crippen MR) is 75.5 cm³/mol. The van der Waals surface area contributed by atoms with Crippen LogP contribution in [0.2, 0.25) is 0 Å². The highest BCUT2D eigenvalue weighted by atomic mass is 16.5. The summed E-state index contributed by atoms with van der Waals surface area (Å²) < 4.78 is 5.46. The first-order valence-electron chi connectivity index (χ1n) is 6.25. The van der Waals surface area contributed by atoms with Crippen molar-refractivity contribution in [2.75, 3.05) is 32.2 Å². The van der Waals surface area contributed by atoms with Gasteiger partial charge in [-0.25, -0.2) is 0 Å². The third-order valence-electron chi connectivity index (χ3n) is 2.58. The average Bonchev–Trinajstić information content (AvgIpc) is 2.34. The van der Waals surface area contributed by atoms with Crippen molar-refractivity contribution in [2.24, 2.45) is 0 Å². The van der Waals surface area contributed by atoms with Gasteiger partial charge in [0, 0.05) is 26.4 Å². The molecule has 0 atom stereocenters. The Bertz CT molecular complexity index is 327. The maximum absolute atomic E-state index is 5.46. The van der Waals surface area contributed by atoms with Crippen LogP contribution in [0.3, 0.4) is 0 Å². The lowest BCUT2D eigenvalue weighted by atomic mass is 10.2. The summed E-state index contributed by atoms with van der Waals surface area (Å²) >= 11 is 0. The van der Waals surface area contributed by atoms with Gasteiger partial charge >= 0.3 is 0 Å². The van der Waals surface area contributed by atoms with Crippen molar-refractivity contribution in [1.82, 2.24) is 0 Å². The Morgan fingerprint density at radius 1 is 1.18 bits per heavy atom. The van der Waals surface area contributed by atoms with Gasteiger partial charge in [-0.1, -0.05) is 37.6 Å². The molecule has 0 N–H and O–H groups in total. The van der Waals surface area contributed by atoms with E-state index in [1.807, 2.05) is 14.1 Å². The van der Waals surface area contributed by atoms with Crippen LogP contribution in [-0.4, -0.2) is 27.3 Å². The summed E-state index contributed by atoms with van der Waals surface area (Å²) in [6, 6.07) is 8.49. The van der Waals surface area contributed by atoms with E-state index < -0.39 is 0 Å². The van der Waals surface area contributed by atoms with Crippen molar-refractivity contribution in [1.29, 1.82) is 0 Å². The molecule has 0 bridgehead atoms. The zero-order chi connectivity index (χ0) is 12.5. The second kappa shape index (κ2) is 7.91. The molecular weight excluding hydrogens is 210 g/mol. The highest BCUT2D eigenvalue weighted by Gasteiger charge is 1.93. The summed E-state index contributed by atoms with van der Waals surface area (Å²) in [7, 11) is 4.10. The van der Waals surface area contributed by atoms with Crippen LogP contribution in [-0.2, 0) is 4.74 Å². The minimum Gasteiger partial charge on any atom is -0.378 e. The van der Waals surface area contributed by atoms with Gasteiger partial charge in [0.2, 0.25) is 0 Å². The van der Waals surface area contributed by atoms with Gasteiger partial charge in [-0.2, -0.15) is 0 Å². The standard InChI is InChI=1S/C15H23NO/c1-4-5-12-17-13-6-7-14-8-10-15(11-9-14)16(2)3/h6-11H,4-5,12-13H2,1-3H3/b7-6+. The smallest absolute Gasteiger partial charge is 0.0650 e. The molecule has 0 radical (unpaired) electrons. The van der Waals surface area contributed by atoms with Gasteiger partial charge in [-0.3, -0.25) is 0 Å². The topological polar surface area (TPSA) is 12.5 Å². The van der Waals surface area contributed by atoms with Crippen LogP contribution in [0.5, 0.6) is 0 Å². The van der Waals surface area contributed by atoms with E-state index >= 15 is 0 Å². The molecule has 1 rings (SSSR count). The van der Waals surface area contributed by atoms with Crippen LogP contribution >= 0.6 is 0 Å². The zero-order valence-corrected chi connectivity index (χ0v) is 11.1. The Balaban J connectivity index is 2.33. The van der Waals surface area contributed by atoms with Gasteiger partial charge in [0.25, 0.3) is 0 Å². The van der Waals surface area contributed by atoms with E-state index in [0.717, 1.165) is 13.0 Å². The lowest BCUT2D eigenvalue weighted by Gasteiger charge is -2.11. The predicted octanol–water partition coefficient (Wildman–Crippen LogP) is 3.58. The van der Waals surface area contributed by atoms with Gasteiger partial charge in [0.05, 0.1) is 6.61 Å². The highest BCUT2D eigenvalue weighted by Crippen LogP contribution is 2.12. The average molecular weight is 233 g/mol. The van der Waals surface area contributed by atoms with E-state index in [9.17, 15) is 0 Å². The molecule has 0 aromatic heterocycles. The van der Waals surface area contributed by atoms with Gasteiger partial charge in [0.15, 0.2) is 0 Å². The molecule has 0 fully saturated rings. The Kier molecular flexibility index (Phi) is 6.41. The molecule has 0 saturated carbocycles. The van der Waals surface area contributed by atoms with Crippen molar-refractivity contribution in [3.8, 4) is 0 Å². The van der Waals surface area contributed by atoms with Crippen molar-refractivity contribution in [3.63, 3.8) is 0 Å². The summed E-state index contributed by atoms with van der Waals surface area (Å²) in [6.45, 7) is 3.74. The third kappa shape index (κ3) is 5.55. The number of hydrogen-bond acceptors (Lipinski definition) is 2. The normalized spacial score (nSPS) is 11.0. The quantitative estimate of drug-likeness (QED) is 0.667. The van der Waals surface area contributed by atoms with Crippen molar-refractivity contribution < 1.29 is 4.74 Å². The number of hydrogen-bond donors (Lipinski definition) is 0. The molecule has 0 saturated heterocycles. The number of benzene rings is 1. The summed E-state index contributed by atoms with van der Waals surface area (Å²) in [4.78, 5) is 2.10. The number of unbranched alkanes of at least 4 members (excludes halogenated alkanes) is 1. The van der Waals surface area contributed by atoms with Crippen LogP contribution in [0.25, 0.3) is 6.08 Å². The van der Waals surface area contributed by atoms with Gasteiger partial charge in [-0.15, -0.1) is 0 Å².